The lowest BCUT2D eigenvalue weighted by Gasteiger charge is -2.20. The summed E-state index contributed by atoms with van der Waals surface area (Å²) in [6.07, 6.45) is 1.15. The summed E-state index contributed by atoms with van der Waals surface area (Å²) in [5.74, 6) is -0.593. The van der Waals surface area contributed by atoms with E-state index < -0.39 is 17.2 Å². The Labute approximate surface area is 159 Å². The van der Waals surface area contributed by atoms with Crippen molar-refractivity contribution in [3.05, 3.63) is 49.2 Å². The molecular formula is C16H21N5O5S. The molecule has 0 aliphatic heterocycles. The first kappa shape index (κ1) is 20.5. The zero-order chi connectivity index (χ0) is 20.1. The Bertz CT molecular complexity index is 945. The zero-order valence-electron chi connectivity index (χ0n) is 15.7. The number of amides is 1. The maximum Gasteiger partial charge on any atom is 0.352 e. The average molecular weight is 395 g/mol. The topological polar surface area (TPSA) is 108 Å². The van der Waals surface area contributed by atoms with E-state index >= 15 is 0 Å². The first-order chi connectivity index (χ1) is 12.8. The second-order valence-corrected chi connectivity index (χ2v) is 6.58. The minimum Gasteiger partial charge on any atom is -0.393 e. The highest BCUT2D eigenvalue weighted by Crippen LogP contribution is 2.04. The number of rotatable bonds is 7. The van der Waals surface area contributed by atoms with Gasteiger partial charge in [-0.2, -0.15) is 4.68 Å². The van der Waals surface area contributed by atoms with Crippen LogP contribution >= 0.6 is 11.3 Å². The van der Waals surface area contributed by atoms with Crippen LogP contribution < -0.4 is 16.3 Å². The van der Waals surface area contributed by atoms with Crippen molar-refractivity contribution >= 4 is 23.0 Å². The van der Waals surface area contributed by atoms with Crippen LogP contribution in [0, 0.1) is 0 Å². The number of nitrogens with zero attached hydrogens (tertiary/aromatic N) is 5. The Kier molecular flexibility index (Phi) is 6.64. The van der Waals surface area contributed by atoms with Crippen LogP contribution in [0.3, 0.4) is 0 Å². The molecule has 2 aromatic rings. The van der Waals surface area contributed by atoms with E-state index in [0.29, 0.717) is 0 Å². The quantitative estimate of drug-likeness (QED) is 0.503. The van der Waals surface area contributed by atoms with E-state index in [4.69, 9.17) is 9.57 Å². The maximum absolute atomic E-state index is 12.9. The van der Waals surface area contributed by atoms with Crippen LogP contribution in [-0.4, -0.2) is 46.1 Å². The summed E-state index contributed by atoms with van der Waals surface area (Å²) < 4.78 is 6.90. The van der Waals surface area contributed by atoms with Crippen molar-refractivity contribution in [1.82, 2.24) is 14.2 Å². The van der Waals surface area contributed by atoms with Gasteiger partial charge in [0.05, 0.1) is 16.8 Å². The highest BCUT2D eigenvalue weighted by Gasteiger charge is 2.22. The van der Waals surface area contributed by atoms with Crippen molar-refractivity contribution in [3.63, 3.8) is 0 Å². The number of hydrogen-bond donors (Lipinski definition) is 0. The van der Waals surface area contributed by atoms with Gasteiger partial charge >= 0.3 is 5.69 Å². The molecule has 11 heteroatoms. The minimum absolute atomic E-state index is 0.102. The number of ether oxygens (including phenoxy) is 1. The summed E-state index contributed by atoms with van der Waals surface area (Å²) >= 11 is 1.23. The predicted molar refractivity (Wildman–Crippen MR) is 101 cm³/mol. The van der Waals surface area contributed by atoms with Gasteiger partial charge in [0, 0.05) is 25.7 Å². The van der Waals surface area contributed by atoms with Crippen molar-refractivity contribution in [2.45, 2.75) is 33.6 Å². The number of oxime groups is 1. The molecule has 0 aliphatic carbocycles. The Morgan fingerprint density at radius 3 is 2.67 bits per heavy atom. The maximum atomic E-state index is 12.9. The molecule has 0 fully saturated rings. The molecule has 2 heterocycles. The van der Waals surface area contributed by atoms with Crippen LogP contribution in [0.25, 0.3) is 0 Å². The highest BCUT2D eigenvalue weighted by molar-refractivity contribution is 7.07. The molecule has 10 nitrogen and oxygen atoms in total. The first-order valence-electron chi connectivity index (χ1n) is 8.00. The summed E-state index contributed by atoms with van der Waals surface area (Å²) in [5.41, 5.74) is 0.558. The Morgan fingerprint density at radius 1 is 1.41 bits per heavy atom. The van der Waals surface area contributed by atoms with Gasteiger partial charge in [0.15, 0.2) is 0 Å². The monoisotopic (exact) mass is 395 g/mol. The molecule has 0 saturated heterocycles. The van der Waals surface area contributed by atoms with Gasteiger partial charge in [0.1, 0.15) is 18.5 Å². The molecule has 27 heavy (non-hydrogen) atoms. The summed E-state index contributed by atoms with van der Waals surface area (Å²) in [6.45, 7) is 5.05. The van der Waals surface area contributed by atoms with E-state index in [9.17, 15) is 14.4 Å². The molecule has 1 amide bonds. The van der Waals surface area contributed by atoms with Gasteiger partial charge in [-0.25, -0.2) is 14.8 Å². The van der Waals surface area contributed by atoms with Crippen molar-refractivity contribution in [2.24, 2.45) is 5.16 Å². The van der Waals surface area contributed by atoms with Crippen LogP contribution in [0.2, 0.25) is 0 Å². The molecular weight excluding hydrogens is 374 g/mol. The molecule has 0 unspecified atom stereocenters. The van der Waals surface area contributed by atoms with Gasteiger partial charge < -0.3 is 9.57 Å². The summed E-state index contributed by atoms with van der Waals surface area (Å²) in [6, 6.07) is 0. The van der Waals surface area contributed by atoms with E-state index in [-0.39, 0.29) is 29.8 Å². The molecule has 0 bridgehead atoms. The molecule has 0 aromatic carbocycles. The molecule has 0 aliphatic rings. The molecule has 0 spiro atoms. The van der Waals surface area contributed by atoms with Crippen LogP contribution in [0.5, 0.6) is 0 Å². The number of thiazole rings is 1. The molecule has 2 aromatic heterocycles. The van der Waals surface area contributed by atoms with Crippen LogP contribution in [0.1, 0.15) is 36.8 Å². The van der Waals surface area contributed by atoms with Crippen LogP contribution in [-0.2, 0) is 16.3 Å². The standard InChI is InChI=1S/C16H21N5O5S/c1-10(2)26-18-11(3)12-6-20(9-25-5)16(24)21(14(12)22)19(4)15(23)13-7-27-8-17-13/h6-8,10H,9H2,1-5H3/b18-11+. The fourth-order valence-corrected chi connectivity index (χ4v) is 2.67. The molecule has 146 valence electrons. The fourth-order valence-electron chi connectivity index (χ4n) is 2.14. The average Bonchev–Trinajstić information content (AvgIpc) is 3.16. The van der Waals surface area contributed by atoms with Crippen LogP contribution in [0.4, 0.5) is 0 Å². The van der Waals surface area contributed by atoms with E-state index in [1.54, 1.807) is 20.8 Å². The third-order valence-corrected chi connectivity index (χ3v) is 4.02. The second-order valence-electron chi connectivity index (χ2n) is 5.86. The number of methoxy groups -OCH3 is 1. The number of carbonyl (C=O) groups is 1. The SMILES string of the molecule is COCn1cc(/C(C)=N/OC(C)C)c(=O)n(N(C)C(=O)c2cscn2)c1=O. The second kappa shape index (κ2) is 8.73. The number of carbonyl (C=O) groups excluding carboxylic acids is 1. The summed E-state index contributed by atoms with van der Waals surface area (Å²) in [4.78, 5) is 47.3. The van der Waals surface area contributed by atoms with Gasteiger partial charge in [0.2, 0.25) is 0 Å². The van der Waals surface area contributed by atoms with E-state index in [0.717, 1.165) is 14.3 Å². The van der Waals surface area contributed by atoms with Gasteiger partial charge in [-0.15, -0.1) is 11.3 Å². The van der Waals surface area contributed by atoms with Crippen LogP contribution in [0.15, 0.2) is 31.8 Å². The van der Waals surface area contributed by atoms with Gasteiger partial charge in [0.25, 0.3) is 11.5 Å². The van der Waals surface area contributed by atoms with Gasteiger partial charge in [-0.1, -0.05) is 5.16 Å². The Balaban J connectivity index is 2.62. The molecule has 0 saturated carbocycles. The van der Waals surface area contributed by atoms with Gasteiger partial charge in [-0.05, 0) is 20.8 Å². The molecule has 0 atom stereocenters. The third-order valence-electron chi connectivity index (χ3n) is 3.44. The smallest absolute Gasteiger partial charge is 0.352 e. The minimum atomic E-state index is -0.728. The zero-order valence-corrected chi connectivity index (χ0v) is 16.5. The third kappa shape index (κ3) is 4.49. The lowest BCUT2D eigenvalue weighted by Crippen LogP contribution is -2.54. The number of hydrogen-bond acceptors (Lipinski definition) is 8. The Morgan fingerprint density at radius 2 is 2.11 bits per heavy atom. The normalized spacial score (nSPS) is 11.7. The lowest BCUT2D eigenvalue weighted by molar-refractivity contribution is 0.0859. The summed E-state index contributed by atoms with van der Waals surface area (Å²) in [7, 11) is 2.73. The summed E-state index contributed by atoms with van der Waals surface area (Å²) in [5, 5.41) is 6.37. The largest absolute Gasteiger partial charge is 0.393 e. The number of aromatic nitrogens is 3. The molecule has 0 N–H and O–H groups in total. The highest BCUT2D eigenvalue weighted by atomic mass is 32.1. The van der Waals surface area contributed by atoms with Crippen molar-refractivity contribution in [2.75, 3.05) is 19.2 Å². The van der Waals surface area contributed by atoms with Crippen molar-refractivity contribution in [1.29, 1.82) is 0 Å². The Hall–Kier alpha value is -2.79. The first-order valence-corrected chi connectivity index (χ1v) is 8.95. The molecule has 2 rings (SSSR count). The van der Waals surface area contributed by atoms with E-state index in [1.807, 2.05) is 0 Å². The lowest BCUT2D eigenvalue weighted by atomic mass is 10.2. The van der Waals surface area contributed by atoms with E-state index in [2.05, 4.69) is 10.1 Å². The van der Waals surface area contributed by atoms with Crippen molar-refractivity contribution in [3.8, 4) is 0 Å². The van der Waals surface area contributed by atoms with Gasteiger partial charge in [-0.3, -0.25) is 14.2 Å². The van der Waals surface area contributed by atoms with Crippen molar-refractivity contribution < 1.29 is 14.4 Å². The predicted octanol–water partition coefficient (Wildman–Crippen LogP) is 0.628. The fraction of sp³-hybridized carbons (Fsp3) is 0.438. The molecule has 0 radical (unpaired) electrons. The van der Waals surface area contributed by atoms with E-state index in [1.165, 1.54) is 42.6 Å².